The molecule has 0 bridgehead atoms. The van der Waals surface area contributed by atoms with Crippen LogP contribution in [0.1, 0.15) is 37.2 Å². The van der Waals surface area contributed by atoms with Crippen LogP contribution in [-0.2, 0) is 9.59 Å². The molecule has 0 saturated carbocycles. The Morgan fingerprint density at radius 2 is 2.04 bits per heavy atom. The lowest BCUT2D eigenvalue weighted by Crippen LogP contribution is -2.40. The maximum absolute atomic E-state index is 14.4. The molecule has 0 unspecified atom stereocenters. The van der Waals surface area contributed by atoms with Crippen LogP contribution in [0.3, 0.4) is 0 Å². The Hall–Kier alpha value is -2.06. The number of hydrogen-bond donors (Lipinski definition) is 0. The molecule has 134 valence electrons. The van der Waals surface area contributed by atoms with Gasteiger partial charge in [0.05, 0.1) is 0 Å². The van der Waals surface area contributed by atoms with Crippen molar-refractivity contribution < 1.29 is 14.0 Å². The molecule has 2 aliphatic rings. The Balaban J connectivity index is 1.86. The zero-order chi connectivity index (χ0) is 18.3. The van der Waals surface area contributed by atoms with E-state index >= 15 is 0 Å². The molecule has 1 atom stereocenters. The van der Waals surface area contributed by atoms with Crippen LogP contribution in [0.4, 0.5) is 9.52 Å². The molecule has 0 spiro atoms. The fourth-order valence-corrected chi connectivity index (χ4v) is 4.92. The molecular formula is C18H16FN3O2S2. The molecule has 5 nitrogen and oxygen atoms in total. The number of anilines is 1. The van der Waals surface area contributed by atoms with Gasteiger partial charge in [-0.15, -0.1) is 10.2 Å². The molecule has 0 fully saturated rings. The third-order valence-corrected chi connectivity index (χ3v) is 6.60. The quantitative estimate of drug-likeness (QED) is 0.588. The van der Waals surface area contributed by atoms with Crippen molar-refractivity contribution in [2.45, 2.75) is 35.9 Å². The predicted molar refractivity (Wildman–Crippen MR) is 98.8 cm³/mol. The van der Waals surface area contributed by atoms with Crippen LogP contribution in [0.15, 0.2) is 39.9 Å². The number of ketones is 1. The van der Waals surface area contributed by atoms with E-state index in [1.165, 1.54) is 34.1 Å². The van der Waals surface area contributed by atoms with Gasteiger partial charge >= 0.3 is 0 Å². The van der Waals surface area contributed by atoms with Gasteiger partial charge in [-0.2, -0.15) is 0 Å². The van der Waals surface area contributed by atoms with Gasteiger partial charge in [-0.25, -0.2) is 4.39 Å². The average Bonchev–Trinajstić information content (AvgIpc) is 3.10. The first-order valence-electron chi connectivity index (χ1n) is 8.31. The number of rotatable bonds is 3. The number of hydrogen-bond acceptors (Lipinski definition) is 6. The topological polar surface area (TPSA) is 63.2 Å². The number of halogens is 1. The zero-order valence-corrected chi connectivity index (χ0v) is 15.7. The lowest BCUT2D eigenvalue weighted by atomic mass is 9.77. The normalized spacial score (nSPS) is 20.5. The molecule has 1 aliphatic carbocycles. The number of amides is 1. The fraction of sp³-hybridized carbons (Fsp3) is 0.333. The number of benzene rings is 1. The lowest BCUT2D eigenvalue weighted by Gasteiger charge is -2.36. The van der Waals surface area contributed by atoms with Gasteiger partial charge in [0, 0.05) is 30.0 Å². The summed E-state index contributed by atoms with van der Waals surface area (Å²) >= 11 is 2.79. The highest BCUT2D eigenvalue weighted by atomic mass is 32.2. The van der Waals surface area contributed by atoms with Gasteiger partial charge in [0.2, 0.25) is 11.0 Å². The summed E-state index contributed by atoms with van der Waals surface area (Å²) in [5.74, 6) is -1.10. The van der Waals surface area contributed by atoms with Gasteiger partial charge in [0.25, 0.3) is 0 Å². The Morgan fingerprint density at radius 1 is 1.23 bits per heavy atom. The van der Waals surface area contributed by atoms with Crippen LogP contribution < -0.4 is 4.90 Å². The second-order valence-electron chi connectivity index (χ2n) is 6.20. The molecule has 2 aromatic rings. The van der Waals surface area contributed by atoms with E-state index < -0.39 is 5.92 Å². The van der Waals surface area contributed by atoms with Gasteiger partial charge in [0.1, 0.15) is 5.82 Å². The third-order valence-electron chi connectivity index (χ3n) is 4.72. The highest BCUT2D eigenvalue weighted by Gasteiger charge is 2.41. The van der Waals surface area contributed by atoms with Gasteiger partial charge in [-0.3, -0.25) is 14.5 Å². The van der Waals surface area contributed by atoms with Crippen LogP contribution in [0.2, 0.25) is 0 Å². The highest BCUT2D eigenvalue weighted by Crippen LogP contribution is 2.44. The monoisotopic (exact) mass is 389 g/mol. The van der Waals surface area contributed by atoms with Gasteiger partial charge < -0.3 is 0 Å². The minimum Gasteiger partial charge on any atom is -0.294 e. The summed E-state index contributed by atoms with van der Waals surface area (Å²) < 4.78 is 15.1. The van der Waals surface area contributed by atoms with Gasteiger partial charge in [-0.1, -0.05) is 41.3 Å². The Bertz CT molecular complexity index is 925. The summed E-state index contributed by atoms with van der Waals surface area (Å²) in [6.45, 7) is 0. The van der Waals surface area contributed by atoms with Crippen LogP contribution in [0, 0.1) is 5.82 Å². The van der Waals surface area contributed by atoms with E-state index in [9.17, 15) is 14.0 Å². The van der Waals surface area contributed by atoms with E-state index in [1.807, 2.05) is 6.26 Å². The molecule has 0 saturated heterocycles. The number of allylic oxidation sites excluding steroid dienone is 2. The predicted octanol–water partition coefficient (Wildman–Crippen LogP) is 3.93. The second-order valence-corrected chi connectivity index (χ2v) is 8.21. The maximum Gasteiger partial charge on any atom is 0.234 e. The van der Waals surface area contributed by atoms with Crippen molar-refractivity contribution in [3.8, 4) is 0 Å². The zero-order valence-electron chi connectivity index (χ0n) is 14.1. The first-order valence-corrected chi connectivity index (χ1v) is 10.4. The molecule has 26 heavy (non-hydrogen) atoms. The minimum atomic E-state index is -0.532. The number of thioether (sulfide) groups is 1. The molecule has 1 aromatic carbocycles. The summed E-state index contributed by atoms with van der Waals surface area (Å²) in [6, 6.07) is 6.37. The van der Waals surface area contributed by atoms with Crippen molar-refractivity contribution in [2.24, 2.45) is 0 Å². The average molecular weight is 389 g/mol. The van der Waals surface area contributed by atoms with Crippen molar-refractivity contribution in [2.75, 3.05) is 11.2 Å². The first-order chi connectivity index (χ1) is 12.6. The van der Waals surface area contributed by atoms with E-state index in [0.29, 0.717) is 41.2 Å². The van der Waals surface area contributed by atoms with E-state index in [-0.39, 0.29) is 23.9 Å². The van der Waals surface area contributed by atoms with E-state index in [1.54, 1.807) is 18.2 Å². The molecule has 1 amide bonds. The summed E-state index contributed by atoms with van der Waals surface area (Å²) in [5, 5.41) is 8.67. The second kappa shape index (κ2) is 6.92. The van der Waals surface area contributed by atoms with Crippen LogP contribution >= 0.6 is 23.1 Å². The fourth-order valence-electron chi connectivity index (χ4n) is 3.61. The number of Topliss-reactive ketones (excluding diaryl/α,β-unsaturated/α-hetero) is 1. The van der Waals surface area contributed by atoms with Crippen molar-refractivity contribution >= 4 is 39.9 Å². The molecule has 0 radical (unpaired) electrons. The summed E-state index contributed by atoms with van der Waals surface area (Å²) in [5.41, 5.74) is 1.63. The molecule has 0 N–H and O–H groups in total. The molecule has 2 heterocycles. The van der Waals surface area contributed by atoms with Crippen molar-refractivity contribution in [1.82, 2.24) is 10.2 Å². The largest absolute Gasteiger partial charge is 0.294 e. The smallest absolute Gasteiger partial charge is 0.234 e. The van der Waals surface area contributed by atoms with Crippen molar-refractivity contribution in [3.05, 3.63) is 46.9 Å². The maximum atomic E-state index is 14.4. The Kier molecular flexibility index (Phi) is 4.62. The first kappa shape index (κ1) is 17.4. The highest BCUT2D eigenvalue weighted by molar-refractivity contribution is 8.00. The summed E-state index contributed by atoms with van der Waals surface area (Å²) in [6.07, 6.45) is 3.66. The van der Waals surface area contributed by atoms with Crippen LogP contribution in [0.25, 0.3) is 0 Å². The number of nitrogens with zero attached hydrogens (tertiary/aromatic N) is 3. The van der Waals surface area contributed by atoms with Crippen molar-refractivity contribution in [1.29, 1.82) is 0 Å². The Morgan fingerprint density at radius 3 is 2.77 bits per heavy atom. The summed E-state index contributed by atoms with van der Waals surface area (Å²) in [4.78, 5) is 27.2. The minimum absolute atomic E-state index is 0.00777. The summed E-state index contributed by atoms with van der Waals surface area (Å²) in [7, 11) is 0. The van der Waals surface area contributed by atoms with E-state index in [0.717, 1.165) is 4.34 Å². The SMILES string of the molecule is CSc1nnc(N2C(=O)C[C@@H](c3ccccc3F)C3=C2CCCC3=O)s1. The van der Waals surface area contributed by atoms with Gasteiger partial charge in [0.15, 0.2) is 10.1 Å². The molecule has 4 rings (SSSR count). The molecule has 8 heteroatoms. The molecule has 1 aromatic heterocycles. The number of aromatic nitrogens is 2. The van der Waals surface area contributed by atoms with E-state index in [4.69, 9.17) is 0 Å². The van der Waals surface area contributed by atoms with Crippen LogP contribution in [-0.4, -0.2) is 28.1 Å². The molecule has 1 aliphatic heterocycles. The third kappa shape index (κ3) is 2.87. The Labute approximate surface area is 158 Å². The van der Waals surface area contributed by atoms with Gasteiger partial charge in [-0.05, 0) is 30.7 Å². The standard InChI is InChI=1S/C18H16FN3O2S2/c1-25-18-21-20-17(26-18)22-13-7-4-8-14(23)16(13)11(9-15(22)24)10-5-2-3-6-12(10)19/h2-3,5-6,11H,4,7-9H2,1H3/t11-/m0/s1. The van der Waals surface area contributed by atoms with E-state index in [2.05, 4.69) is 10.2 Å². The lowest BCUT2D eigenvalue weighted by molar-refractivity contribution is -0.119. The van der Waals surface area contributed by atoms with Crippen molar-refractivity contribution in [3.63, 3.8) is 0 Å². The van der Waals surface area contributed by atoms with Crippen LogP contribution in [0.5, 0.6) is 0 Å². The number of carbonyl (C=O) groups excluding carboxylic acids is 2. The number of carbonyl (C=O) groups is 2. The molecular weight excluding hydrogens is 373 g/mol.